The minimum atomic E-state index is -4.47. The van der Waals surface area contributed by atoms with Crippen molar-refractivity contribution in [1.82, 2.24) is 20.6 Å². The Hall–Kier alpha value is -2.98. The van der Waals surface area contributed by atoms with Gasteiger partial charge in [-0.3, -0.25) is 10.1 Å². The molecule has 1 aromatic carbocycles. The lowest BCUT2D eigenvalue weighted by Crippen LogP contribution is -2.31. The molecule has 0 bridgehead atoms. The predicted octanol–water partition coefficient (Wildman–Crippen LogP) is 3.38. The Morgan fingerprint density at radius 3 is 2.43 bits per heavy atom. The second kappa shape index (κ2) is 9.29. The highest BCUT2D eigenvalue weighted by molar-refractivity contribution is 5.89. The first kappa shape index (κ1) is 21.3. The standard InChI is InChI=1S/C17H20F3N5O3/c1-10(2)9-14(13(26)7-8-15-22-24-25-23-15)28-16(27)21-12-5-3-11(4-6-12)17(18,19)20/h3-6,10,14H,7-9H2,1-2H3,(H,21,27)(H,22,23,24,25)/t14-/m0/s1. The number of hydrogen-bond acceptors (Lipinski definition) is 6. The number of nitrogens with zero attached hydrogens (tertiary/aromatic N) is 3. The molecule has 11 heteroatoms. The van der Waals surface area contributed by atoms with Crippen LogP contribution in [0.25, 0.3) is 0 Å². The van der Waals surface area contributed by atoms with E-state index in [1.54, 1.807) is 0 Å². The van der Waals surface area contributed by atoms with Gasteiger partial charge in [0.1, 0.15) is 0 Å². The predicted molar refractivity (Wildman–Crippen MR) is 92.3 cm³/mol. The van der Waals surface area contributed by atoms with Crippen molar-refractivity contribution < 1.29 is 27.5 Å². The van der Waals surface area contributed by atoms with Gasteiger partial charge < -0.3 is 4.74 Å². The van der Waals surface area contributed by atoms with Crippen LogP contribution in [0.4, 0.5) is 23.7 Å². The van der Waals surface area contributed by atoms with E-state index in [1.807, 2.05) is 13.8 Å². The number of carbonyl (C=O) groups is 2. The Labute approximate surface area is 158 Å². The molecule has 0 aliphatic rings. The van der Waals surface area contributed by atoms with Gasteiger partial charge in [0.05, 0.1) is 5.56 Å². The monoisotopic (exact) mass is 399 g/mol. The Bertz CT molecular complexity index is 776. The maximum atomic E-state index is 12.6. The first-order valence-electron chi connectivity index (χ1n) is 8.55. The number of aromatic nitrogens is 4. The number of anilines is 1. The molecule has 1 atom stereocenters. The normalized spacial score (nSPS) is 12.6. The Morgan fingerprint density at radius 2 is 1.89 bits per heavy atom. The second-order valence-corrected chi connectivity index (χ2v) is 6.52. The number of alkyl halides is 3. The average Bonchev–Trinajstić information content (AvgIpc) is 3.12. The minimum absolute atomic E-state index is 0.0600. The summed E-state index contributed by atoms with van der Waals surface area (Å²) in [5.41, 5.74) is -0.707. The molecule has 2 N–H and O–H groups in total. The molecule has 2 rings (SSSR count). The summed E-state index contributed by atoms with van der Waals surface area (Å²) in [4.78, 5) is 24.5. The zero-order valence-corrected chi connectivity index (χ0v) is 15.3. The summed E-state index contributed by atoms with van der Waals surface area (Å²) in [6.07, 6.45) is -5.75. The number of aromatic amines is 1. The molecule has 0 spiro atoms. The van der Waals surface area contributed by atoms with E-state index in [0.717, 1.165) is 24.3 Å². The highest BCUT2D eigenvalue weighted by Gasteiger charge is 2.30. The lowest BCUT2D eigenvalue weighted by molar-refractivity contribution is -0.137. The third-order valence-electron chi connectivity index (χ3n) is 3.74. The van der Waals surface area contributed by atoms with Crippen LogP contribution in [0.1, 0.15) is 38.1 Å². The van der Waals surface area contributed by atoms with E-state index in [9.17, 15) is 22.8 Å². The molecule has 0 unspecified atom stereocenters. The summed E-state index contributed by atoms with van der Waals surface area (Å²) in [7, 11) is 0. The third kappa shape index (κ3) is 6.63. The molecule has 1 heterocycles. The largest absolute Gasteiger partial charge is 0.438 e. The molecule has 0 aliphatic heterocycles. The number of aryl methyl sites for hydroxylation is 1. The fraction of sp³-hybridized carbons (Fsp3) is 0.471. The molecule has 1 aromatic heterocycles. The molecule has 0 saturated heterocycles. The van der Waals surface area contributed by atoms with Crippen LogP contribution in [0.5, 0.6) is 0 Å². The van der Waals surface area contributed by atoms with E-state index in [4.69, 9.17) is 4.74 Å². The van der Waals surface area contributed by atoms with Gasteiger partial charge >= 0.3 is 12.3 Å². The maximum absolute atomic E-state index is 12.6. The molecule has 28 heavy (non-hydrogen) atoms. The maximum Gasteiger partial charge on any atom is 0.416 e. The number of amides is 1. The Kier molecular flexibility index (Phi) is 7.07. The summed E-state index contributed by atoms with van der Waals surface area (Å²) in [5.74, 6) is 0.143. The molecular weight excluding hydrogens is 379 g/mol. The Morgan fingerprint density at radius 1 is 1.21 bits per heavy atom. The zero-order chi connectivity index (χ0) is 20.7. The number of Topliss-reactive ketones (excluding diaryl/α,β-unsaturated/α-hetero) is 1. The highest BCUT2D eigenvalue weighted by Crippen LogP contribution is 2.29. The topological polar surface area (TPSA) is 110 Å². The summed E-state index contributed by atoms with van der Waals surface area (Å²) in [6, 6.07) is 3.91. The molecular formula is C17H20F3N5O3. The third-order valence-corrected chi connectivity index (χ3v) is 3.74. The highest BCUT2D eigenvalue weighted by atomic mass is 19.4. The number of rotatable bonds is 8. The van der Waals surface area contributed by atoms with Crippen molar-refractivity contribution in [2.24, 2.45) is 5.92 Å². The van der Waals surface area contributed by atoms with Gasteiger partial charge in [-0.25, -0.2) is 4.79 Å². The fourth-order valence-electron chi connectivity index (χ4n) is 2.38. The summed E-state index contributed by atoms with van der Waals surface area (Å²) < 4.78 is 42.9. The fourth-order valence-corrected chi connectivity index (χ4v) is 2.38. The van der Waals surface area contributed by atoms with Gasteiger partial charge in [0.2, 0.25) is 0 Å². The number of carbonyl (C=O) groups excluding carboxylic acids is 2. The van der Waals surface area contributed by atoms with E-state index in [2.05, 4.69) is 25.9 Å². The van der Waals surface area contributed by atoms with E-state index in [-0.39, 0.29) is 30.2 Å². The number of benzene rings is 1. The van der Waals surface area contributed by atoms with Gasteiger partial charge in [0.25, 0.3) is 0 Å². The number of hydrogen-bond donors (Lipinski definition) is 2. The molecule has 152 valence electrons. The number of tetrazole rings is 1. The van der Waals surface area contributed by atoms with Gasteiger partial charge in [-0.15, -0.1) is 10.2 Å². The van der Waals surface area contributed by atoms with Crippen molar-refractivity contribution in [3.05, 3.63) is 35.7 Å². The van der Waals surface area contributed by atoms with Gasteiger partial charge in [-0.05, 0) is 36.6 Å². The van der Waals surface area contributed by atoms with Crippen molar-refractivity contribution in [3.63, 3.8) is 0 Å². The SMILES string of the molecule is CC(C)C[C@H](OC(=O)Nc1ccc(C(F)(F)F)cc1)C(=O)CCc1nn[nH]n1. The van der Waals surface area contributed by atoms with Crippen molar-refractivity contribution in [3.8, 4) is 0 Å². The smallest absolute Gasteiger partial charge is 0.416 e. The van der Waals surface area contributed by atoms with Gasteiger partial charge in [0.15, 0.2) is 17.7 Å². The van der Waals surface area contributed by atoms with Gasteiger partial charge in [0, 0.05) is 18.5 Å². The molecule has 0 aliphatic carbocycles. The van der Waals surface area contributed by atoms with Crippen molar-refractivity contribution >= 4 is 17.6 Å². The summed E-state index contributed by atoms with van der Waals surface area (Å²) in [6.45, 7) is 3.74. The first-order valence-corrected chi connectivity index (χ1v) is 8.55. The van der Waals surface area contributed by atoms with Gasteiger partial charge in [-0.1, -0.05) is 19.1 Å². The van der Waals surface area contributed by atoms with Crippen molar-refractivity contribution in [2.75, 3.05) is 5.32 Å². The number of halogens is 3. The lowest BCUT2D eigenvalue weighted by atomic mass is 10.00. The molecule has 1 amide bonds. The first-order chi connectivity index (χ1) is 13.1. The van der Waals surface area contributed by atoms with Crippen LogP contribution in [-0.2, 0) is 22.1 Å². The molecule has 8 nitrogen and oxygen atoms in total. The average molecular weight is 399 g/mol. The van der Waals surface area contributed by atoms with Crippen LogP contribution in [0.3, 0.4) is 0 Å². The van der Waals surface area contributed by atoms with Crippen LogP contribution in [0.2, 0.25) is 0 Å². The van der Waals surface area contributed by atoms with Crippen LogP contribution in [0.15, 0.2) is 24.3 Å². The Balaban J connectivity index is 1.94. The summed E-state index contributed by atoms with van der Waals surface area (Å²) >= 11 is 0. The molecule has 0 radical (unpaired) electrons. The summed E-state index contributed by atoms with van der Waals surface area (Å²) in [5, 5.41) is 15.5. The van der Waals surface area contributed by atoms with E-state index in [1.165, 1.54) is 0 Å². The number of ether oxygens (including phenoxy) is 1. The molecule has 2 aromatic rings. The van der Waals surface area contributed by atoms with Crippen molar-refractivity contribution in [2.45, 2.75) is 45.4 Å². The molecule has 0 saturated carbocycles. The van der Waals surface area contributed by atoms with E-state index in [0.29, 0.717) is 12.2 Å². The number of ketones is 1. The van der Waals surface area contributed by atoms with Crippen LogP contribution in [0, 0.1) is 5.92 Å². The van der Waals surface area contributed by atoms with Crippen LogP contribution >= 0.6 is 0 Å². The van der Waals surface area contributed by atoms with Crippen LogP contribution < -0.4 is 5.32 Å². The van der Waals surface area contributed by atoms with E-state index >= 15 is 0 Å². The zero-order valence-electron chi connectivity index (χ0n) is 15.3. The lowest BCUT2D eigenvalue weighted by Gasteiger charge is -2.19. The number of nitrogens with one attached hydrogen (secondary N) is 2. The van der Waals surface area contributed by atoms with Crippen molar-refractivity contribution in [1.29, 1.82) is 0 Å². The number of H-pyrrole nitrogens is 1. The van der Waals surface area contributed by atoms with Crippen LogP contribution in [-0.4, -0.2) is 38.6 Å². The van der Waals surface area contributed by atoms with E-state index < -0.39 is 23.9 Å². The van der Waals surface area contributed by atoms with Gasteiger partial charge in [-0.2, -0.15) is 18.4 Å². The quantitative estimate of drug-likeness (QED) is 0.704. The molecule has 0 fully saturated rings. The second-order valence-electron chi connectivity index (χ2n) is 6.52. The minimum Gasteiger partial charge on any atom is -0.438 e.